The number of hydrogen-bond acceptors (Lipinski definition) is 2. The average molecular weight is 389 g/mol. The van der Waals surface area contributed by atoms with E-state index in [0.717, 1.165) is 40.6 Å². The molecule has 3 nitrogen and oxygen atoms in total. The monoisotopic (exact) mass is 388 g/mol. The summed E-state index contributed by atoms with van der Waals surface area (Å²) in [5.41, 5.74) is 5.09. The van der Waals surface area contributed by atoms with E-state index in [9.17, 15) is 4.79 Å². The predicted molar refractivity (Wildman–Crippen MR) is 111 cm³/mol. The van der Waals surface area contributed by atoms with Gasteiger partial charge in [0.25, 0.3) is 0 Å². The fourth-order valence-electron chi connectivity index (χ4n) is 2.93. The summed E-state index contributed by atoms with van der Waals surface area (Å²) in [6.45, 7) is 4.28. The van der Waals surface area contributed by atoms with Crippen molar-refractivity contribution in [2.45, 2.75) is 26.7 Å². The van der Waals surface area contributed by atoms with Gasteiger partial charge in [0.05, 0.1) is 16.2 Å². The van der Waals surface area contributed by atoms with E-state index >= 15 is 0 Å². The minimum atomic E-state index is 0. The summed E-state index contributed by atoms with van der Waals surface area (Å²) < 4.78 is 0. The van der Waals surface area contributed by atoms with E-state index in [2.05, 4.69) is 29.6 Å². The van der Waals surface area contributed by atoms with Crippen LogP contribution in [0.4, 0.5) is 0 Å². The van der Waals surface area contributed by atoms with Crippen LogP contribution in [0.25, 0.3) is 22.2 Å². The van der Waals surface area contributed by atoms with Crippen molar-refractivity contribution in [3.8, 4) is 11.3 Å². The molecular formula is C21H22Cl2N2O. The Hall–Kier alpha value is -2.10. The first-order valence-electron chi connectivity index (χ1n) is 8.45. The molecule has 0 radical (unpaired) electrons. The SMILES string of the molecule is CC(=O)NCCCc1ccc(-c2nc3ccccc3c(C)c2Cl)cc1.Cl. The molecule has 1 N–H and O–H groups in total. The van der Waals surface area contributed by atoms with Gasteiger partial charge in [0.15, 0.2) is 0 Å². The minimum Gasteiger partial charge on any atom is -0.356 e. The van der Waals surface area contributed by atoms with Crippen LogP contribution in [0.3, 0.4) is 0 Å². The smallest absolute Gasteiger partial charge is 0.216 e. The van der Waals surface area contributed by atoms with Gasteiger partial charge < -0.3 is 5.32 Å². The van der Waals surface area contributed by atoms with Gasteiger partial charge in [-0.3, -0.25) is 4.79 Å². The maximum Gasteiger partial charge on any atom is 0.216 e. The number of pyridine rings is 1. The number of para-hydroxylation sites is 1. The van der Waals surface area contributed by atoms with E-state index in [-0.39, 0.29) is 18.3 Å². The second kappa shape index (κ2) is 9.02. The molecule has 0 aliphatic rings. The van der Waals surface area contributed by atoms with Crippen LogP contribution < -0.4 is 5.32 Å². The Labute approximate surface area is 165 Å². The summed E-state index contributed by atoms with van der Waals surface area (Å²) in [6.07, 6.45) is 1.85. The number of aryl methyl sites for hydroxylation is 2. The van der Waals surface area contributed by atoms with E-state index in [1.165, 1.54) is 12.5 Å². The van der Waals surface area contributed by atoms with Gasteiger partial charge >= 0.3 is 0 Å². The van der Waals surface area contributed by atoms with Gasteiger partial charge in [-0.15, -0.1) is 12.4 Å². The van der Waals surface area contributed by atoms with Crippen LogP contribution >= 0.6 is 24.0 Å². The molecule has 0 fully saturated rings. The fourth-order valence-corrected chi connectivity index (χ4v) is 3.18. The Morgan fingerprint density at radius 3 is 2.50 bits per heavy atom. The number of nitrogens with one attached hydrogen (secondary N) is 1. The highest BCUT2D eigenvalue weighted by Gasteiger charge is 2.11. The van der Waals surface area contributed by atoms with Gasteiger partial charge in [-0.25, -0.2) is 4.98 Å². The number of rotatable bonds is 5. The molecule has 26 heavy (non-hydrogen) atoms. The van der Waals surface area contributed by atoms with E-state index in [4.69, 9.17) is 16.6 Å². The second-order valence-electron chi connectivity index (χ2n) is 6.20. The molecule has 1 heterocycles. The van der Waals surface area contributed by atoms with Gasteiger partial charge in [0, 0.05) is 24.4 Å². The third kappa shape index (κ3) is 4.54. The highest BCUT2D eigenvalue weighted by Crippen LogP contribution is 2.33. The van der Waals surface area contributed by atoms with Gasteiger partial charge in [-0.05, 0) is 37.0 Å². The number of hydrogen-bond donors (Lipinski definition) is 1. The topological polar surface area (TPSA) is 42.0 Å². The molecule has 1 aromatic heterocycles. The van der Waals surface area contributed by atoms with Crippen molar-refractivity contribution in [3.63, 3.8) is 0 Å². The Bertz CT molecular complexity index is 908. The lowest BCUT2D eigenvalue weighted by Crippen LogP contribution is -2.21. The first kappa shape index (κ1) is 20.2. The lowest BCUT2D eigenvalue weighted by Gasteiger charge is -2.11. The molecule has 0 aliphatic heterocycles. The number of nitrogens with zero attached hydrogens (tertiary/aromatic N) is 1. The van der Waals surface area contributed by atoms with Crippen molar-refractivity contribution in [2.75, 3.05) is 6.54 Å². The Balaban J connectivity index is 0.00000243. The summed E-state index contributed by atoms with van der Waals surface area (Å²) in [4.78, 5) is 15.6. The minimum absolute atomic E-state index is 0. The maximum atomic E-state index is 10.9. The van der Waals surface area contributed by atoms with Crippen molar-refractivity contribution in [1.29, 1.82) is 0 Å². The van der Waals surface area contributed by atoms with Crippen molar-refractivity contribution >= 4 is 40.8 Å². The third-order valence-corrected chi connectivity index (χ3v) is 4.78. The molecule has 136 valence electrons. The highest BCUT2D eigenvalue weighted by atomic mass is 35.5. The van der Waals surface area contributed by atoms with Crippen molar-refractivity contribution in [2.24, 2.45) is 0 Å². The van der Waals surface area contributed by atoms with Gasteiger partial charge in [0.2, 0.25) is 5.91 Å². The first-order valence-corrected chi connectivity index (χ1v) is 8.82. The van der Waals surface area contributed by atoms with Crippen molar-refractivity contribution in [1.82, 2.24) is 10.3 Å². The zero-order valence-electron chi connectivity index (χ0n) is 14.9. The molecule has 0 bridgehead atoms. The lowest BCUT2D eigenvalue weighted by atomic mass is 10.0. The number of carbonyl (C=O) groups is 1. The molecular weight excluding hydrogens is 367 g/mol. The fraction of sp³-hybridized carbons (Fsp3) is 0.238. The van der Waals surface area contributed by atoms with E-state index in [0.29, 0.717) is 11.6 Å². The second-order valence-corrected chi connectivity index (χ2v) is 6.58. The molecule has 3 aromatic rings. The van der Waals surface area contributed by atoms with Crippen LogP contribution in [0, 0.1) is 6.92 Å². The van der Waals surface area contributed by atoms with Crippen molar-refractivity contribution in [3.05, 3.63) is 64.7 Å². The Kier molecular flexibility index (Phi) is 7.01. The summed E-state index contributed by atoms with van der Waals surface area (Å²) in [7, 11) is 0. The number of fused-ring (bicyclic) bond motifs is 1. The molecule has 1 amide bonds. The van der Waals surface area contributed by atoms with Gasteiger partial charge in [-0.2, -0.15) is 0 Å². The summed E-state index contributed by atoms with van der Waals surface area (Å²) in [5.74, 6) is 0.0164. The number of aromatic nitrogens is 1. The van der Waals surface area contributed by atoms with Crippen LogP contribution in [0.2, 0.25) is 5.02 Å². The summed E-state index contributed by atoms with van der Waals surface area (Å²) >= 11 is 6.58. The van der Waals surface area contributed by atoms with Gasteiger partial charge in [-0.1, -0.05) is 54.1 Å². The molecule has 0 unspecified atom stereocenters. The zero-order chi connectivity index (χ0) is 17.8. The van der Waals surface area contributed by atoms with Gasteiger partial charge in [0.1, 0.15) is 0 Å². The van der Waals surface area contributed by atoms with Crippen LogP contribution in [0.15, 0.2) is 48.5 Å². The van der Waals surface area contributed by atoms with E-state index in [1.807, 2.05) is 31.2 Å². The standard InChI is InChI=1S/C21H21ClN2O.ClH/c1-14-18-7-3-4-8-19(18)24-21(20(14)22)17-11-9-16(10-12-17)6-5-13-23-15(2)25;/h3-4,7-12H,5-6,13H2,1-2H3,(H,23,25);1H. The van der Waals surface area contributed by atoms with E-state index < -0.39 is 0 Å². The Morgan fingerprint density at radius 1 is 1.12 bits per heavy atom. The summed E-state index contributed by atoms with van der Waals surface area (Å²) in [5, 5.41) is 4.61. The molecule has 3 rings (SSSR count). The van der Waals surface area contributed by atoms with Crippen LogP contribution in [-0.4, -0.2) is 17.4 Å². The number of carbonyl (C=O) groups excluding carboxylic acids is 1. The maximum absolute atomic E-state index is 10.9. The predicted octanol–water partition coefficient (Wildman–Crippen LogP) is 5.35. The number of halogens is 2. The molecule has 0 aliphatic carbocycles. The van der Waals surface area contributed by atoms with Crippen LogP contribution in [0.1, 0.15) is 24.5 Å². The van der Waals surface area contributed by atoms with Crippen molar-refractivity contribution < 1.29 is 4.79 Å². The first-order chi connectivity index (χ1) is 12.1. The summed E-state index contributed by atoms with van der Waals surface area (Å²) in [6, 6.07) is 16.4. The third-order valence-electron chi connectivity index (χ3n) is 4.32. The lowest BCUT2D eigenvalue weighted by molar-refractivity contribution is -0.118. The normalized spacial score (nSPS) is 10.4. The largest absolute Gasteiger partial charge is 0.356 e. The molecule has 0 atom stereocenters. The number of benzene rings is 2. The average Bonchev–Trinajstić information content (AvgIpc) is 2.62. The zero-order valence-corrected chi connectivity index (χ0v) is 16.5. The molecule has 2 aromatic carbocycles. The quantitative estimate of drug-likeness (QED) is 0.598. The van der Waals surface area contributed by atoms with Crippen LogP contribution in [-0.2, 0) is 11.2 Å². The molecule has 5 heteroatoms. The van der Waals surface area contributed by atoms with Crippen LogP contribution in [0.5, 0.6) is 0 Å². The van der Waals surface area contributed by atoms with E-state index in [1.54, 1.807) is 0 Å². The Morgan fingerprint density at radius 2 is 1.81 bits per heavy atom. The highest BCUT2D eigenvalue weighted by molar-refractivity contribution is 6.34. The number of amides is 1. The molecule has 0 spiro atoms. The molecule has 0 saturated heterocycles. The molecule has 0 saturated carbocycles.